The van der Waals surface area contributed by atoms with Crippen LogP contribution in [0.2, 0.25) is 5.02 Å². The van der Waals surface area contributed by atoms with Crippen molar-refractivity contribution in [3.8, 4) is 0 Å². The normalized spacial score (nSPS) is 10.4. The smallest absolute Gasteiger partial charge is 0.255 e. The minimum atomic E-state index is -0.250. The maximum Gasteiger partial charge on any atom is 0.255 e. The van der Waals surface area contributed by atoms with Crippen LogP contribution in [0, 0.1) is 10.5 Å². The second kappa shape index (κ2) is 6.32. The molecule has 0 aliphatic rings. The second-order valence-electron chi connectivity index (χ2n) is 4.29. The van der Waals surface area contributed by atoms with Gasteiger partial charge in [-0.25, -0.2) is 0 Å². The van der Waals surface area contributed by atoms with Crippen molar-refractivity contribution >= 4 is 67.4 Å². The summed E-state index contributed by atoms with van der Waals surface area (Å²) >= 11 is 11.5. The van der Waals surface area contributed by atoms with Gasteiger partial charge in [-0.05, 0) is 81.3 Å². The van der Waals surface area contributed by atoms with Gasteiger partial charge < -0.3 is 11.1 Å². The number of carbonyl (C=O) groups excluding carboxylic acids is 1. The fraction of sp³-hybridized carbons (Fsp3) is 0.0714. The van der Waals surface area contributed by atoms with Crippen LogP contribution in [0.1, 0.15) is 15.9 Å². The van der Waals surface area contributed by atoms with Crippen LogP contribution in [0.3, 0.4) is 0 Å². The molecule has 6 heteroatoms. The molecule has 0 aliphatic carbocycles. The summed E-state index contributed by atoms with van der Waals surface area (Å²) < 4.78 is 1.65. The van der Waals surface area contributed by atoms with E-state index in [4.69, 9.17) is 17.3 Å². The quantitative estimate of drug-likeness (QED) is 0.492. The molecule has 0 unspecified atom stereocenters. The van der Waals surface area contributed by atoms with Crippen molar-refractivity contribution in [1.29, 1.82) is 0 Å². The molecule has 3 N–H and O–H groups in total. The van der Waals surface area contributed by atoms with Crippen molar-refractivity contribution in [2.24, 2.45) is 0 Å². The summed E-state index contributed by atoms with van der Waals surface area (Å²) in [5, 5.41) is 3.35. The van der Waals surface area contributed by atoms with Crippen LogP contribution in [0.5, 0.6) is 0 Å². The fourth-order valence-corrected chi connectivity index (χ4v) is 2.93. The summed E-state index contributed by atoms with van der Waals surface area (Å²) in [4.78, 5) is 12.2. The molecule has 0 saturated heterocycles. The zero-order chi connectivity index (χ0) is 14.9. The van der Waals surface area contributed by atoms with Gasteiger partial charge in [0.1, 0.15) is 0 Å². The lowest BCUT2D eigenvalue weighted by Gasteiger charge is -2.12. The number of nitrogens with two attached hydrogens (primary N) is 1. The molecular formula is C14H11BrClIN2O. The molecule has 2 aromatic rings. The molecule has 1 amide bonds. The van der Waals surface area contributed by atoms with E-state index >= 15 is 0 Å². The van der Waals surface area contributed by atoms with Crippen LogP contribution in [-0.2, 0) is 0 Å². The summed E-state index contributed by atoms with van der Waals surface area (Å²) in [5.74, 6) is -0.250. The molecule has 0 radical (unpaired) electrons. The highest BCUT2D eigenvalue weighted by Gasteiger charge is 2.12. The van der Waals surface area contributed by atoms with E-state index in [0.717, 1.165) is 13.6 Å². The monoisotopic (exact) mass is 464 g/mol. The number of aryl methyl sites for hydroxylation is 1. The van der Waals surface area contributed by atoms with Gasteiger partial charge in [-0.3, -0.25) is 4.79 Å². The van der Waals surface area contributed by atoms with Gasteiger partial charge >= 0.3 is 0 Å². The number of nitrogens with one attached hydrogen (secondary N) is 1. The highest BCUT2D eigenvalue weighted by molar-refractivity contribution is 14.1. The Bertz CT molecular complexity index is 668. The SMILES string of the molecule is Cc1cc(N)c(NC(=O)c2ccc(I)c(Cl)c2)c(Br)c1. The molecule has 0 atom stereocenters. The van der Waals surface area contributed by atoms with E-state index in [1.54, 1.807) is 24.3 Å². The first-order chi connectivity index (χ1) is 9.38. The maximum atomic E-state index is 12.2. The van der Waals surface area contributed by atoms with Crippen LogP contribution in [0.25, 0.3) is 0 Å². The van der Waals surface area contributed by atoms with Crippen molar-refractivity contribution in [3.05, 3.63) is 54.5 Å². The van der Waals surface area contributed by atoms with Gasteiger partial charge in [0.25, 0.3) is 5.91 Å². The van der Waals surface area contributed by atoms with Crippen LogP contribution in [0.4, 0.5) is 11.4 Å². The molecule has 104 valence electrons. The van der Waals surface area contributed by atoms with Crippen molar-refractivity contribution in [3.63, 3.8) is 0 Å². The van der Waals surface area contributed by atoms with Crippen molar-refractivity contribution < 1.29 is 4.79 Å². The Morgan fingerprint density at radius 1 is 1.35 bits per heavy atom. The van der Waals surface area contributed by atoms with Crippen molar-refractivity contribution in [2.75, 3.05) is 11.1 Å². The number of carbonyl (C=O) groups is 1. The number of anilines is 2. The molecule has 3 nitrogen and oxygen atoms in total. The molecule has 0 aromatic heterocycles. The van der Waals surface area contributed by atoms with Crippen LogP contribution in [-0.4, -0.2) is 5.91 Å². The van der Waals surface area contributed by atoms with Gasteiger partial charge in [-0.2, -0.15) is 0 Å². The van der Waals surface area contributed by atoms with Gasteiger partial charge in [0.15, 0.2) is 0 Å². The van der Waals surface area contributed by atoms with Crippen LogP contribution < -0.4 is 11.1 Å². The molecule has 0 bridgehead atoms. The average molecular weight is 466 g/mol. The lowest BCUT2D eigenvalue weighted by molar-refractivity contribution is 0.102. The number of hydrogen-bond acceptors (Lipinski definition) is 2. The Balaban J connectivity index is 2.30. The summed E-state index contributed by atoms with van der Waals surface area (Å²) in [7, 11) is 0. The first-order valence-electron chi connectivity index (χ1n) is 5.70. The van der Waals surface area contributed by atoms with Crippen LogP contribution in [0.15, 0.2) is 34.8 Å². The summed E-state index contributed by atoms with van der Waals surface area (Å²) in [6.45, 7) is 1.94. The third-order valence-electron chi connectivity index (χ3n) is 2.69. The first kappa shape index (κ1) is 15.6. The van der Waals surface area contributed by atoms with E-state index < -0.39 is 0 Å². The third-order valence-corrected chi connectivity index (χ3v) is 4.88. The summed E-state index contributed by atoms with van der Waals surface area (Å²) in [6.07, 6.45) is 0. The van der Waals surface area contributed by atoms with Gasteiger partial charge in [0, 0.05) is 13.6 Å². The largest absolute Gasteiger partial charge is 0.397 e. The molecular weight excluding hydrogens is 454 g/mol. The molecule has 0 aliphatic heterocycles. The molecule has 0 saturated carbocycles. The van der Waals surface area contributed by atoms with E-state index in [0.29, 0.717) is 22.0 Å². The molecule has 2 rings (SSSR count). The highest BCUT2D eigenvalue weighted by Crippen LogP contribution is 2.31. The predicted octanol–water partition coefficient (Wildman–Crippen LogP) is 4.85. The van der Waals surface area contributed by atoms with Crippen molar-refractivity contribution in [1.82, 2.24) is 0 Å². The Hall–Kier alpha value is -0.790. The second-order valence-corrected chi connectivity index (χ2v) is 6.72. The van der Waals surface area contributed by atoms with E-state index in [9.17, 15) is 4.79 Å². The van der Waals surface area contributed by atoms with Crippen molar-refractivity contribution in [2.45, 2.75) is 6.92 Å². The number of benzene rings is 2. The van der Waals surface area contributed by atoms with Gasteiger partial charge in [-0.1, -0.05) is 11.6 Å². The van der Waals surface area contributed by atoms with E-state index in [1.807, 2.05) is 13.0 Å². The van der Waals surface area contributed by atoms with Crippen LogP contribution >= 0.6 is 50.1 Å². The molecule has 20 heavy (non-hydrogen) atoms. The van der Waals surface area contributed by atoms with Gasteiger partial charge in [-0.15, -0.1) is 0 Å². The molecule has 2 aromatic carbocycles. The van der Waals surface area contributed by atoms with E-state index in [2.05, 4.69) is 43.8 Å². The number of hydrogen-bond donors (Lipinski definition) is 2. The Morgan fingerprint density at radius 3 is 2.65 bits per heavy atom. The molecule has 0 spiro atoms. The predicted molar refractivity (Wildman–Crippen MR) is 95.4 cm³/mol. The Labute approximate surface area is 144 Å². The average Bonchev–Trinajstić information content (AvgIpc) is 2.36. The Morgan fingerprint density at radius 2 is 2.05 bits per heavy atom. The fourth-order valence-electron chi connectivity index (χ4n) is 1.72. The topological polar surface area (TPSA) is 55.1 Å². The third kappa shape index (κ3) is 3.45. The van der Waals surface area contributed by atoms with Gasteiger partial charge in [0.05, 0.1) is 16.4 Å². The summed E-state index contributed by atoms with van der Waals surface area (Å²) in [6, 6.07) is 8.86. The lowest BCUT2D eigenvalue weighted by Crippen LogP contribution is -2.14. The number of nitrogen functional groups attached to an aromatic ring is 1. The minimum absolute atomic E-state index is 0.250. The zero-order valence-corrected chi connectivity index (χ0v) is 15.0. The van der Waals surface area contributed by atoms with E-state index in [1.165, 1.54) is 0 Å². The highest BCUT2D eigenvalue weighted by atomic mass is 127. The molecule has 0 fully saturated rings. The summed E-state index contributed by atoms with van der Waals surface area (Å²) in [5.41, 5.74) is 8.52. The van der Waals surface area contributed by atoms with Gasteiger partial charge in [0.2, 0.25) is 0 Å². The van der Waals surface area contributed by atoms with E-state index in [-0.39, 0.29) is 5.91 Å². The molecule has 0 heterocycles. The number of amides is 1. The minimum Gasteiger partial charge on any atom is -0.397 e. The Kier molecular flexibility index (Phi) is 4.93. The first-order valence-corrected chi connectivity index (χ1v) is 7.95. The standard InChI is InChI=1S/C14H11BrClIN2O/c1-7-4-9(15)13(12(18)5-7)19-14(20)8-2-3-11(17)10(16)6-8/h2-6H,18H2,1H3,(H,19,20). The number of rotatable bonds is 2. The lowest BCUT2D eigenvalue weighted by atomic mass is 10.1. The maximum absolute atomic E-state index is 12.2. The zero-order valence-electron chi connectivity index (χ0n) is 10.5. The number of halogens is 3.